The molecule has 0 radical (unpaired) electrons. The highest BCUT2D eigenvalue weighted by Gasteiger charge is 2.27. The van der Waals surface area contributed by atoms with Crippen LogP contribution in [0.4, 0.5) is 4.79 Å². The van der Waals surface area contributed by atoms with Gasteiger partial charge in [-0.25, -0.2) is 22.9 Å². The van der Waals surface area contributed by atoms with E-state index in [-0.39, 0.29) is 35.9 Å². The number of rotatable bonds is 9. The first-order chi connectivity index (χ1) is 16.1. The number of hydrogen-bond acceptors (Lipinski definition) is 7. The number of carboxylic acid groups (broad SMARTS) is 1. The molecule has 0 atom stereocenters. The van der Waals surface area contributed by atoms with E-state index >= 15 is 0 Å². The van der Waals surface area contributed by atoms with E-state index in [1.165, 1.54) is 17.4 Å². The van der Waals surface area contributed by atoms with Crippen molar-refractivity contribution in [3.8, 4) is 10.4 Å². The summed E-state index contributed by atoms with van der Waals surface area (Å²) in [6, 6.07) is 4.79. The number of carbonyl (C=O) groups is 2. The summed E-state index contributed by atoms with van der Waals surface area (Å²) in [6.45, 7) is 5.54. The number of aliphatic carboxylic acids is 1. The van der Waals surface area contributed by atoms with Crippen LogP contribution in [0.1, 0.15) is 62.9 Å². The second-order valence-electron chi connectivity index (χ2n) is 8.61. The molecule has 11 heteroatoms. The lowest BCUT2D eigenvalue weighted by Gasteiger charge is -2.28. The Morgan fingerprint density at radius 2 is 1.94 bits per heavy atom. The number of sulfonamides is 1. The Labute approximate surface area is 204 Å². The molecule has 1 fully saturated rings. The Morgan fingerprint density at radius 1 is 1.24 bits per heavy atom. The van der Waals surface area contributed by atoms with Crippen LogP contribution in [-0.2, 0) is 26.0 Å². The maximum Gasteiger partial charge on any atom is 0.407 e. The lowest BCUT2D eigenvalue weighted by molar-refractivity contribution is -0.136. The first kappa shape index (κ1) is 26.1. The molecule has 0 bridgehead atoms. The van der Waals surface area contributed by atoms with E-state index in [1.807, 2.05) is 13.8 Å². The topological polar surface area (TPSA) is 135 Å². The number of nitrogens with one attached hydrogen (secondary N) is 2. The molecule has 1 aliphatic carbocycles. The number of alkyl carbamates (subject to hydrolysis) is 1. The number of amides is 1. The highest BCUT2D eigenvalue weighted by molar-refractivity contribution is 7.89. The molecule has 3 N–H and O–H groups in total. The SMILES string of the molecule is CCNS(=O)(=O)c1cc(CC(=O)O)ccc1-c1cnc(C2CCC(NC(=O)OC(C)C)CC2)s1. The van der Waals surface area contributed by atoms with E-state index in [2.05, 4.69) is 15.0 Å². The zero-order chi connectivity index (χ0) is 24.9. The molecule has 2 aromatic rings. The van der Waals surface area contributed by atoms with Gasteiger partial charge in [0.15, 0.2) is 0 Å². The lowest BCUT2D eigenvalue weighted by atomic mass is 9.86. The van der Waals surface area contributed by atoms with Gasteiger partial charge < -0.3 is 15.2 Å². The number of thiazole rings is 1. The van der Waals surface area contributed by atoms with Crippen molar-refractivity contribution in [1.29, 1.82) is 0 Å². The van der Waals surface area contributed by atoms with Gasteiger partial charge in [-0.05, 0) is 51.2 Å². The van der Waals surface area contributed by atoms with Crippen LogP contribution < -0.4 is 10.0 Å². The second kappa shape index (κ2) is 11.3. The van der Waals surface area contributed by atoms with Gasteiger partial charge in [0.2, 0.25) is 10.0 Å². The van der Waals surface area contributed by atoms with Gasteiger partial charge in [-0.1, -0.05) is 19.1 Å². The molecule has 1 aromatic carbocycles. The average molecular weight is 510 g/mol. The quantitative estimate of drug-likeness (QED) is 0.467. The van der Waals surface area contributed by atoms with Crippen LogP contribution in [-0.4, -0.2) is 49.3 Å². The predicted molar refractivity (Wildman–Crippen MR) is 130 cm³/mol. The fourth-order valence-corrected chi connectivity index (χ4v) is 6.55. The lowest BCUT2D eigenvalue weighted by Crippen LogP contribution is -2.38. The first-order valence-electron chi connectivity index (χ1n) is 11.4. The number of nitrogens with zero attached hydrogens (tertiary/aromatic N) is 1. The Bertz CT molecular complexity index is 1120. The van der Waals surface area contributed by atoms with Gasteiger partial charge in [-0.3, -0.25) is 4.79 Å². The van der Waals surface area contributed by atoms with Crippen LogP contribution in [0.15, 0.2) is 29.3 Å². The second-order valence-corrected chi connectivity index (χ2v) is 11.4. The zero-order valence-corrected chi connectivity index (χ0v) is 21.2. The number of carbonyl (C=O) groups excluding carboxylic acids is 1. The van der Waals surface area contributed by atoms with Crippen LogP contribution in [0.2, 0.25) is 0 Å². The molecule has 1 aliphatic rings. The van der Waals surface area contributed by atoms with Crippen molar-refractivity contribution in [2.75, 3.05) is 6.54 Å². The monoisotopic (exact) mass is 509 g/mol. The highest BCUT2D eigenvalue weighted by atomic mass is 32.2. The van der Waals surface area contributed by atoms with Crippen molar-refractivity contribution in [2.24, 2.45) is 0 Å². The molecule has 186 valence electrons. The van der Waals surface area contributed by atoms with E-state index in [9.17, 15) is 18.0 Å². The molecular weight excluding hydrogens is 478 g/mol. The van der Waals surface area contributed by atoms with Crippen LogP contribution in [0.5, 0.6) is 0 Å². The van der Waals surface area contributed by atoms with E-state index in [4.69, 9.17) is 9.84 Å². The summed E-state index contributed by atoms with van der Waals surface area (Å²) in [5, 5.41) is 12.9. The number of hydrogen-bond donors (Lipinski definition) is 3. The average Bonchev–Trinajstić information content (AvgIpc) is 3.23. The van der Waals surface area contributed by atoms with Crippen molar-refractivity contribution in [3.63, 3.8) is 0 Å². The van der Waals surface area contributed by atoms with E-state index in [1.54, 1.807) is 25.3 Å². The van der Waals surface area contributed by atoms with Gasteiger partial charge in [0, 0.05) is 30.3 Å². The number of benzene rings is 1. The Balaban J connectivity index is 1.77. The van der Waals surface area contributed by atoms with Gasteiger partial charge >= 0.3 is 12.1 Å². The predicted octanol–water partition coefficient (Wildman–Crippen LogP) is 3.90. The fourth-order valence-electron chi connectivity index (χ4n) is 4.05. The molecule has 3 rings (SSSR count). The van der Waals surface area contributed by atoms with Gasteiger partial charge in [-0.15, -0.1) is 11.3 Å². The standard InChI is InChI=1S/C23H31N3O6S2/c1-4-25-34(30,31)20-11-15(12-21(27)28)5-10-18(20)19-13-24-22(33-19)16-6-8-17(9-7-16)26-23(29)32-14(2)3/h5,10-11,13-14,16-17,25H,4,6-9,12H2,1-3H3,(H,26,29)(H,27,28). The van der Waals surface area contributed by atoms with Gasteiger partial charge in [-0.2, -0.15) is 0 Å². The van der Waals surface area contributed by atoms with Crippen molar-refractivity contribution < 1.29 is 27.9 Å². The normalized spacial score (nSPS) is 18.6. The minimum absolute atomic E-state index is 0.0554. The molecular formula is C23H31N3O6S2. The molecule has 0 aliphatic heterocycles. The third-order valence-electron chi connectivity index (χ3n) is 5.56. The first-order valence-corrected chi connectivity index (χ1v) is 13.7. The van der Waals surface area contributed by atoms with Gasteiger partial charge in [0.25, 0.3) is 0 Å². The fraction of sp³-hybridized carbons (Fsp3) is 0.522. The zero-order valence-electron chi connectivity index (χ0n) is 19.5. The van der Waals surface area contributed by atoms with Crippen molar-refractivity contribution in [3.05, 3.63) is 35.0 Å². The summed E-state index contributed by atoms with van der Waals surface area (Å²) >= 11 is 1.45. The summed E-state index contributed by atoms with van der Waals surface area (Å²) in [7, 11) is -3.81. The molecule has 0 saturated heterocycles. The molecule has 0 spiro atoms. The minimum atomic E-state index is -3.81. The summed E-state index contributed by atoms with van der Waals surface area (Å²) < 4.78 is 33.3. The summed E-state index contributed by atoms with van der Waals surface area (Å²) in [4.78, 5) is 28.3. The molecule has 34 heavy (non-hydrogen) atoms. The van der Waals surface area contributed by atoms with Crippen LogP contribution in [0.3, 0.4) is 0 Å². The molecule has 1 saturated carbocycles. The van der Waals surface area contributed by atoms with Crippen molar-refractivity contribution in [2.45, 2.75) is 75.8 Å². The Morgan fingerprint density at radius 3 is 2.56 bits per heavy atom. The molecule has 1 aromatic heterocycles. The summed E-state index contributed by atoms with van der Waals surface area (Å²) in [5.41, 5.74) is 0.921. The highest BCUT2D eigenvalue weighted by Crippen LogP contribution is 2.39. The maximum atomic E-state index is 12.8. The maximum absolute atomic E-state index is 12.8. The summed E-state index contributed by atoms with van der Waals surface area (Å²) in [5.74, 6) is -0.791. The number of ether oxygens (including phenoxy) is 1. The van der Waals surface area contributed by atoms with Crippen LogP contribution in [0, 0.1) is 0 Å². The van der Waals surface area contributed by atoms with Gasteiger partial charge in [0.05, 0.1) is 27.3 Å². The van der Waals surface area contributed by atoms with Crippen molar-refractivity contribution >= 4 is 33.4 Å². The van der Waals surface area contributed by atoms with Crippen LogP contribution >= 0.6 is 11.3 Å². The third kappa shape index (κ3) is 6.77. The Hall–Kier alpha value is -2.50. The smallest absolute Gasteiger partial charge is 0.407 e. The molecule has 1 heterocycles. The third-order valence-corrected chi connectivity index (χ3v) is 8.33. The van der Waals surface area contributed by atoms with Crippen LogP contribution in [0.25, 0.3) is 10.4 Å². The Kier molecular flexibility index (Phi) is 8.67. The van der Waals surface area contributed by atoms with Crippen molar-refractivity contribution in [1.82, 2.24) is 15.0 Å². The van der Waals surface area contributed by atoms with E-state index in [0.29, 0.717) is 16.0 Å². The molecule has 9 nitrogen and oxygen atoms in total. The summed E-state index contributed by atoms with van der Waals surface area (Å²) in [6.07, 6.45) is 4.22. The minimum Gasteiger partial charge on any atom is -0.481 e. The van der Waals surface area contributed by atoms with E-state index in [0.717, 1.165) is 30.7 Å². The molecule has 1 amide bonds. The largest absolute Gasteiger partial charge is 0.481 e. The number of carboxylic acids is 1. The number of aromatic nitrogens is 1. The van der Waals surface area contributed by atoms with Gasteiger partial charge in [0.1, 0.15) is 0 Å². The van der Waals surface area contributed by atoms with E-state index < -0.39 is 22.1 Å². The molecule has 0 unspecified atom stereocenters.